The van der Waals surface area contributed by atoms with Crippen molar-refractivity contribution in [3.63, 3.8) is 0 Å². The van der Waals surface area contributed by atoms with E-state index < -0.39 is 19.9 Å². The number of aromatic nitrogens is 2. The first-order valence-corrected chi connectivity index (χ1v) is 15.8. The van der Waals surface area contributed by atoms with E-state index in [-0.39, 0.29) is 22.5 Å². The van der Waals surface area contributed by atoms with E-state index in [4.69, 9.17) is 0 Å². The third-order valence-corrected chi connectivity index (χ3v) is 8.98. The minimum Gasteiger partial charge on any atom is -0.340 e. The van der Waals surface area contributed by atoms with Gasteiger partial charge in [0, 0.05) is 56.2 Å². The molecule has 3 aromatic rings. The van der Waals surface area contributed by atoms with Crippen molar-refractivity contribution in [2.75, 3.05) is 48.9 Å². The van der Waals surface area contributed by atoms with Crippen LogP contribution in [0.5, 0.6) is 0 Å². The molecule has 0 aliphatic carbocycles. The Balaban J connectivity index is 1.31. The number of sulfone groups is 1. The quantitative estimate of drug-likeness (QED) is 0.187. The van der Waals surface area contributed by atoms with Crippen LogP contribution in [0, 0.1) is 12.7 Å². The largest absolute Gasteiger partial charge is 0.340 e. The van der Waals surface area contributed by atoms with E-state index in [9.17, 15) is 21.2 Å². The van der Waals surface area contributed by atoms with E-state index >= 15 is 0 Å². The fourth-order valence-corrected chi connectivity index (χ4v) is 6.04. The number of nitrogens with zero attached hydrogens (tertiary/aromatic N) is 3. The minimum atomic E-state index is -3.67. The molecule has 2 aromatic carbocycles. The first-order valence-electron chi connectivity index (χ1n) is 12.3. The molecule has 0 radical (unpaired) electrons. The van der Waals surface area contributed by atoms with Crippen molar-refractivity contribution < 1.29 is 21.2 Å². The van der Waals surface area contributed by atoms with Crippen LogP contribution in [0.4, 0.5) is 27.5 Å². The van der Waals surface area contributed by atoms with Crippen molar-refractivity contribution in [1.82, 2.24) is 24.9 Å². The van der Waals surface area contributed by atoms with Crippen LogP contribution in [0.15, 0.2) is 59.6 Å². The molecule has 1 aromatic heterocycles. The summed E-state index contributed by atoms with van der Waals surface area (Å²) in [7, 11) is -6.69. The zero-order valence-corrected chi connectivity index (χ0v) is 23.3. The Kier molecular flexibility index (Phi) is 9.12. The number of aryl methyl sites for hydroxylation is 1. The van der Waals surface area contributed by atoms with E-state index in [0.717, 1.165) is 0 Å². The highest BCUT2D eigenvalue weighted by atomic mass is 32.2. The van der Waals surface area contributed by atoms with E-state index in [0.29, 0.717) is 61.4 Å². The zero-order chi connectivity index (χ0) is 28.0. The molecule has 1 fully saturated rings. The van der Waals surface area contributed by atoms with Crippen molar-refractivity contribution in [3.05, 3.63) is 66.1 Å². The van der Waals surface area contributed by atoms with Crippen molar-refractivity contribution >= 4 is 43.0 Å². The summed E-state index contributed by atoms with van der Waals surface area (Å²) in [4.78, 5) is 8.80. The van der Waals surface area contributed by atoms with Gasteiger partial charge in [-0.2, -0.15) is 9.29 Å². The number of rotatable bonds is 12. The lowest BCUT2D eigenvalue weighted by Crippen LogP contribution is -2.40. The smallest absolute Gasteiger partial charge is 0.243 e. The molecule has 4 rings (SSSR count). The van der Waals surface area contributed by atoms with Crippen molar-refractivity contribution in [1.29, 1.82) is 0 Å². The predicted molar refractivity (Wildman–Crippen MR) is 149 cm³/mol. The highest BCUT2D eigenvalue weighted by Gasteiger charge is 2.32. The molecule has 4 N–H and O–H groups in total. The van der Waals surface area contributed by atoms with Gasteiger partial charge >= 0.3 is 0 Å². The normalized spacial score (nSPS) is 16.3. The first-order chi connectivity index (χ1) is 18.5. The number of benzene rings is 2. The SMILES string of the molecule is Cc1cc(Nc2ccnc(Nc3ccc(S(=O)(=O)N4CCC(NCNCCS(C)(=O)=O)C4)cc3)n2)ccc1F. The molecule has 1 saturated heterocycles. The first kappa shape index (κ1) is 28.8. The highest BCUT2D eigenvalue weighted by molar-refractivity contribution is 7.90. The van der Waals surface area contributed by atoms with Gasteiger partial charge in [-0.05, 0) is 67.4 Å². The Morgan fingerprint density at radius 2 is 1.77 bits per heavy atom. The van der Waals surface area contributed by atoms with Crippen LogP contribution in [-0.2, 0) is 19.9 Å². The van der Waals surface area contributed by atoms with Gasteiger partial charge in [-0.25, -0.2) is 26.2 Å². The molecular weight excluding hydrogens is 545 g/mol. The Morgan fingerprint density at radius 1 is 1.03 bits per heavy atom. The second-order valence-electron chi connectivity index (χ2n) is 9.36. The van der Waals surface area contributed by atoms with Crippen LogP contribution in [0.1, 0.15) is 12.0 Å². The van der Waals surface area contributed by atoms with Gasteiger partial charge in [0.2, 0.25) is 16.0 Å². The number of halogens is 1. The lowest BCUT2D eigenvalue weighted by atomic mass is 10.2. The number of nitrogens with one attached hydrogen (secondary N) is 4. The fourth-order valence-electron chi connectivity index (χ4n) is 4.02. The molecule has 0 spiro atoms. The minimum absolute atomic E-state index is 0.0247. The average molecular weight is 578 g/mol. The van der Waals surface area contributed by atoms with Gasteiger partial charge in [0.1, 0.15) is 21.5 Å². The summed E-state index contributed by atoms with van der Waals surface area (Å²) < 4.78 is 63.6. The second kappa shape index (κ2) is 12.3. The van der Waals surface area contributed by atoms with Crippen LogP contribution in [0.3, 0.4) is 0 Å². The lowest BCUT2D eigenvalue weighted by molar-refractivity contribution is 0.449. The fraction of sp³-hybridized carbons (Fsp3) is 0.360. The maximum atomic E-state index is 13.5. The van der Waals surface area contributed by atoms with Gasteiger partial charge in [0.25, 0.3) is 0 Å². The molecule has 1 atom stereocenters. The molecule has 39 heavy (non-hydrogen) atoms. The molecule has 1 unspecified atom stereocenters. The average Bonchev–Trinajstić information content (AvgIpc) is 3.36. The maximum Gasteiger partial charge on any atom is 0.243 e. The zero-order valence-electron chi connectivity index (χ0n) is 21.7. The van der Waals surface area contributed by atoms with Gasteiger partial charge < -0.3 is 21.3 Å². The van der Waals surface area contributed by atoms with Crippen LogP contribution in [0.2, 0.25) is 0 Å². The van der Waals surface area contributed by atoms with Crippen LogP contribution >= 0.6 is 0 Å². The third-order valence-electron chi connectivity index (χ3n) is 6.15. The molecule has 0 amide bonds. The van der Waals surface area contributed by atoms with Gasteiger partial charge in [-0.15, -0.1) is 0 Å². The molecule has 1 aliphatic rings. The molecule has 0 bridgehead atoms. The summed E-state index contributed by atoms with van der Waals surface area (Å²) in [5.41, 5.74) is 1.82. The lowest BCUT2D eigenvalue weighted by Gasteiger charge is -2.18. The molecule has 0 saturated carbocycles. The number of anilines is 4. The van der Waals surface area contributed by atoms with Crippen molar-refractivity contribution in [2.24, 2.45) is 0 Å². The van der Waals surface area contributed by atoms with Gasteiger partial charge in [-0.1, -0.05) is 0 Å². The maximum absolute atomic E-state index is 13.5. The van der Waals surface area contributed by atoms with Crippen molar-refractivity contribution in [3.8, 4) is 0 Å². The van der Waals surface area contributed by atoms with E-state index in [1.54, 1.807) is 43.5 Å². The molecule has 210 valence electrons. The van der Waals surface area contributed by atoms with Gasteiger partial charge in [-0.3, -0.25) is 0 Å². The molecule has 2 heterocycles. The Labute approximate surface area is 228 Å². The summed E-state index contributed by atoms with van der Waals surface area (Å²) in [5, 5.41) is 12.4. The van der Waals surface area contributed by atoms with Gasteiger partial charge in [0.05, 0.1) is 10.6 Å². The molecular formula is C25H32FN7O4S2. The Bertz CT molecular complexity index is 1500. The summed E-state index contributed by atoms with van der Waals surface area (Å²) in [6, 6.07) is 12.7. The summed E-state index contributed by atoms with van der Waals surface area (Å²) in [6.45, 7) is 3.14. The van der Waals surface area contributed by atoms with E-state index in [1.807, 2.05) is 0 Å². The van der Waals surface area contributed by atoms with Crippen LogP contribution in [0.25, 0.3) is 0 Å². The van der Waals surface area contributed by atoms with Crippen molar-refractivity contribution in [2.45, 2.75) is 24.3 Å². The predicted octanol–water partition coefficient (Wildman–Crippen LogP) is 2.36. The summed E-state index contributed by atoms with van der Waals surface area (Å²) >= 11 is 0. The molecule has 14 heteroatoms. The standard InChI is InChI=1S/C25H32FN7O4S2/c1-18-15-20(5-8-23(18)26)30-24-9-11-28-25(32-24)31-19-3-6-22(7-4-19)39(36,37)33-13-10-21(16-33)29-17-27-12-14-38(2,34)35/h3-9,11,15,21,27,29H,10,12-14,16-17H2,1-2H3,(H2,28,30,31,32). The van der Waals surface area contributed by atoms with Gasteiger partial charge in [0.15, 0.2) is 0 Å². The Hall–Kier alpha value is -3.17. The molecule has 11 nitrogen and oxygen atoms in total. The summed E-state index contributed by atoms with van der Waals surface area (Å²) in [6.07, 6.45) is 3.42. The monoisotopic (exact) mass is 577 g/mol. The topological polar surface area (TPSA) is 145 Å². The third kappa shape index (κ3) is 8.16. The van der Waals surface area contributed by atoms with Crippen LogP contribution < -0.4 is 21.3 Å². The highest BCUT2D eigenvalue weighted by Crippen LogP contribution is 2.24. The number of hydrogen-bond donors (Lipinski definition) is 4. The second-order valence-corrected chi connectivity index (χ2v) is 13.6. The molecule has 1 aliphatic heterocycles. The van der Waals surface area contributed by atoms with Crippen LogP contribution in [-0.4, -0.2) is 75.5 Å². The number of hydrogen-bond acceptors (Lipinski definition) is 10. The van der Waals surface area contributed by atoms with E-state index in [1.165, 1.54) is 28.8 Å². The van der Waals surface area contributed by atoms with E-state index in [2.05, 4.69) is 31.2 Å². The summed E-state index contributed by atoms with van der Waals surface area (Å²) in [5.74, 6) is 0.594. The Morgan fingerprint density at radius 3 is 2.49 bits per heavy atom. The number of sulfonamides is 1.